The Balaban J connectivity index is 1.69. The van der Waals surface area contributed by atoms with E-state index in [4.69, 9.17) is 4.42 Å². The average Bonchev–Trinajstić information content (AvgIpc) is 3.14. The Labute approximate surface area is 149 Å². The molecule has 1 aromatic carbocycles. The van der Waals surface area contributed by atoms with Crippen LogP contribution < -0.4 is 10.9 Å². The van der Waals surface area contributed by atoms with E-state index in [1.54, 1.807) is 31.4 Å². The molecule has 0 saturated heterocycles. The number of amides is 1. The summed E-state index contributed by atoms with van der Waals surface area (Å²) in [5, 5.41) is 2.72. The summed E-state index contributed by atoms with van der Waals surface area (Å²) >= 11 is 0. The quantitative estimate of drug-likeness (QED) is 0.712. The molecule has 7 heteroatoms. The Morgan fingerprint density at radius 2 is 2.08 bits per heavy atom. The van der Waals surface area contributed by atoms with Gasteiger partial charge in [-0.2, -0.15) is 0 Å². The first-order valence-electron chi connectivity index (χ1n) is 8.17. The molecule has 2 N–H and O–H groups in total. The van der Waals surface area contributed by atoms with E-state index in [0.29, 0.717) is 18.8 Å². The Hall–Kier alpha value is -3.22. The molecule has 6 nitrogen and oxygen atoms in total. The van der Waals surface area contributed by atoms with Crippen molar-refractivity contribution >= 4 is 5.91 Å². The lowest BCUT2D eigenvalue weighted by Gasteiger charge is -2.15. The molecule has 0 aliphatic carbocycles. The van der Waals surface area contributed by atoms with Gasteiger partial charge in [0.15, 0.2) is 0 Å². The van der Waals surface area contributed by atoms with Crippen LogP contribution in [0.3, 0.4) is 0 Å². The highest BCUT2D eigenvalue weighted by atomic mass is 19.1. The minimum absolute atomic E-state index is 0.0352. The van der Waals surface area contributed by atoms with Crippen molar-refractivity contribution in [1.82, 2.24) is 15.3 Å². The van der Waals surface area contributed by atoms with E-state index in [1.807, 2.05) is 6.07 Å². The topological polar surface area (TPSA) is 88.0 Å². The maximum Gasteiger partial charge on any atom is 0.263 e. The Morgan fingerprint density at radius 1 is 1.31 bits per heavy atom. The molecule has 0 spiro atoms. The van der Waals surface area contributed by atoms with Crippen molar-refractivity contribution in [1.29, 1.82) is 0 Å². The second-order valence-electron chi connectivity index (χ2n) is 5.88. The van der Waals surface area contributed by atoms with Gasteiger partial charge < -0.3 is 14.7 Å². The van der Waals surface area contributed by atoms with Crippen LogP contribution in [0.1, 0.15) is 39.8 Å². The van der Waals surface area contributed by atoms with Crippen molar-refractivity contribution in [2.45, 2.75) is 19.3 Å². The number of rotatable bonds is 6. The van der Waals surface area contributed by atoms with Gasteiger partial charge in [0.25, 0.3) is 11.5 Å². The number of H-pyrrole nitrogens is 1. The monoisotopic (exact) mass is 355 g/mol. The summed E-state index contributed by atoms with van der Waals surface area (Å²) in [5.74, 6) is 0.226. The molecule has 1 atom stereocenters. The number of carbonyl (C=O) groups is 1. The lowest BCUT2D eigenvalue weighted by molar-refractivity contribution is 0.0950. The van der Waals surface area contributed by atoms with Gasteiger partial charge in [0.2, 0.25) is 0 Å². The van der Waals surface area contributed by atoms with Gasteiger partial charge in [0, 0.05) is 18.7 Å². The van der Waals surface area contributed by atoms with Crippen molar-refractivity contribution in [3.8, 4) is 0 Å². The zero-order valence-electron chi connectivity index (χ0n) is 14.2. The van der Waals surface area contributed by atoms with E-state index >= 15 is 0 Å². The van der Waals surface area contributed by atoms with Crippen LogP contribution in [0, 0.1) is 12.7 Å². The number of benzene rings is 1. The SMILES string of the molecule is Cc1ncc(C(=O)NCC[C@H](c2ccc(F)cc2)c2ccco2)c(=O)[nH]1. The largest absolute Gasteiger partial charge is 0.469 e. The number of aromatic nitrogens is 2. The van der Waals surface area contributed by atoms with E-state index in [-0.39, 0.29) is 17.3 Å². The third kappa shape index (κ3) is 4.05. The zero-order valence-corrected chi connectivity index (χ0v) is 14.2. The first kappa shape index (κ1) is 17.6. The second kappa shape index (κ2) is 7.77. The fourth-order valence-corrected chi connectivity index (χ4v) is 2.73. The lowest BCUT2D eigenvalue weighted by atomic mass is 9.93. The standard InChI is InChI=1S/C19H18FN3O3/c1-12-22-11-16(19(25)23-12)18(24)21-9-8-15(17-3-2-10-26-17)13-4-6-14(20)7-5-13/h2-7,10-11,15H,8-9H2,1H3,(H,21,24)(H,22,23,25)/t15-/m1/s1. The predicted molar refractivity (Wildman–Crippen MR) is 93.5 cm³/mol. The molecule has 3 rings (SSSR count). The lowest BCUT2D eigenvalue weighted by Crippen LogP contribution is -2.31. The number of nitrogens with one attached hydrogen (secondary N) is 2. The van der Waals surface area contributed by atoms with Crippen LogP contribution in [-0.4, -0.2) is 22.4 Å². The van der Waals surface area contributed by atoms with Gasteiger partial charge >= 0.3 is 0 Å². The van der Waals surface area contributed by atoms with Crippen LogP contribution in [0.15, 0.2) is 58.1 Å². The molecule has 0 aliphatic rings. The summed E-state index contributed by atoms with van der Waals surface area (Å²) in [6.07, 6.45) is 3.36. The second-order valence-corrected chi connectivity index (χ2v) is 5.88. The molecule has 26 heavy (non-hydrogen) atoms. The highest BCUT2D eigenvalue weighted by Crippen LogP contribution is 2.28. The predicted octanol–water partition coefficient (Wildman–Crippen LogP) is 2.76. The van der Waals surface area contributed by atoms with Crippen LogP contribution >= 0.6 is 0 Å². The molecule has 0 saturated carbocycles. The van der Waals surface area contributed by atoms with Gasteiger partial charge in [-0.05, 0) is 43.2 Å². The molecule has 0 unspecified atom stereocenters. The molecule has 1 amide bonds. The first-order valence-corrected chi connectivity index (χ1v) is 8.17. The highest BCUT2D eigenvalue weighted by molar-refractivity contribution is 5.93. The van der Waals surface area contributed by atoms with E-state index in [9.17, 15) is 14.0 Å². The number of aryl methyl sites for hydroxylation is 1. The van der Waals surface area contributed by atoms with Crippen LogP contribution in [0.25, 0.3) is 0 Å². The number of halogens is 1. The summed E-state index contributed by atoms with van der Waals surface area (Å²) in [5.41, 5.74) is 0.369. The molecule has 2 aromatic heterocycles. The third-order valence-corrected chi connectivity index (χ3v) is 4.05. The van der Waals surface area contributed by atoms with Gasteiger partial charge in [-0.3, -0.25) is 9.59 Å². The highest BCUT2D eigenvalue weighted by Gasteiger charge is 2.18. The van der Waals surface area contributed by atoms with E-state index < -0.39 is 11.5 Å². The van der Waals surface area contributed by atoms with E-state index in [0.717, 1.165) is 11.3 Å². The molecular weight excluding hydrogens is 337 g/mol. The third-order valence-electron chi connectivity index (χ3n) is 4.05. The summed E-state index contributed by atoms with van der Waals surface area (Å²) < 4.78 is 18.7. The first-order chi connectivity index (χ1) is 12.5. The van der Waals surface area contributed by atoms with Crippen molar-refractivity contribution in [3.63, 3.8) is 0 Å². The fourth-order valence-electron chi connectivity index (χ4n) is 2.73. The number of hydrogen-bond donors (Lipinski definition) is 2. The molecular formula is C19H18FN3O3. The number of hydrogen-bond acceptors (Lipinski definition) is 4. The molecule has 2 heterocycles. The van der Waals surface area contributed by atoms with Crippen molar-refractivity contribution in [2.75, 3.05) is 6.54 Å². The molecule has 0 bridgehead atoms. The van der Waals surface area contributed by atoms with Gasteiger partial charge in [-0.1, -0.05) is 12.1 Å². The maximum absolute atomic E-state index is 13.2. The van der Waals surface area contributed by atoms with E-state index in [1.165, 1.54) is 18.3 Å². The maximum atomic E-state index is 13.2. The van der Waals surface area contributed by atoms with Gasteiger partial charge in [-0.15, -0.1) is 0 Å². The fraction of sp³-hybridized carbons (Fsp3) is 0.211. The van der Waals surface area contributed by atoms with Gasteiger partial charge in [0.1, 0.15) is 23.0 Å². The molecule has 0 fully saturated rings. The van der Waals surface area contributed by atoms with Crippen molar-refractivity contribution < 1.29 is 13.6 Å². The molecule has 0 aliphatic heterocycles. The summed E-state index contributed by atoms with van der Waals surface area (Å²) in [6, 6.07) is 9.78. The summed E-state index contributed by atoms with van der Waals surface area (Å²) in [6.45, 7) is 1.95. The summed E-state index contributed by atoms with van der Waals surface area (Å²) in [7, 11) is 0. The van der Waals surface area contributed by atoms with Crippen LogP contribution in [0.4, 0.5) is 4.39 Å². The van der Waals surface area contributed by atoms with Gasteiger partial charge in [0.05, 0.1) is 6.26 Å². The van der Waals surface area contributed by atoms with Crippen LogP contribution in [-0.2, 0) is 0 Å². The minimum atomic E-state index is -0.490. The van der Waals surface area contributed by atoms with Crippen LogP contribution in [0.2, 0.25) is 0 Å². The van der Waals surface area contributed by atoms with Gasteiger partial charge in [-0.25, -0.2) is 9.37 Å². The molecule has 134 valence electrons. The molecule has 3 aromatic rings. The Bertz CT molecular complexity index is 933. The Kier molecular flexibility index (Phi) is 5.26. The number of furan rings is 1. The number of carbonyl (C=O) groups excluding carboxylic acids is 1. The average molecular weight is 355 g/mol. The van der Waals surface area contributed by atoms with Crippen LogP contribution in [0.5, 0.6) is 0 Å². The minimum Gasteiger partial charge on any atom is -0.469 e. The van der Waals surface area contributed by atoms with Crippen molar-refractivity contribution in [3.05, 3.63) is 87.7 Å². The van der Waals surface area contributed by atoms with Crippen molar-refractivity contribution in [2.24, 2.45) is 0 Å². The zero-order chi connectivity index (χ0) is 18.5. The smallest absolute Gasteiger partial charge is 0.263 e. The normalized spacial score (nSPS) is 11.9. The number of aromatic amines is 1. The Morgan fingerprint density at radius 3 is 2.73 bits per heavy atom. The molecule has 0 radical (unpaired) electrons. The summed E-state index contributed by atoms with van der Waals surface area (Å²) in [4.78, 5) is 30.4. The number of nitrogens with zero attached hydrogens (tertiary/aromatic N) is 1. The van der Waals surface area contributed by atoms with E-state index in [2.05, 4.69) is 15.3 Å².